The van der Waals surface area contributed by atoms with Gasteiger partial charge >= 0.3 is 0 Å². The number of carbonyl (C=O) groups excluding carboxylic acids is 3. The fourth-order valence-corrected chi connectivity index (χ4v) is 3.71. The van der Waals surface area contributed by atoms with E-state index in [0.29, 0.717) is 24.8 Å². The molecule has 0 saturated carbocycles. The summed E-state index contributed by atoms with van der Waals surface area (Å²) in [6.45, 7) is 1.37. The molecule has 0 unspecified atom stereocenters. The average Bonchev–Trinajstić information content (AvgIpc) is 3.45. The number of rotatable bonds is 10. The Labute approximate surface area is 179 Å². The number of aromatic nitrogens is 1. The van der Waals surface area contributed by atoms with Gasteiger partial charge in [0.15, 0.2) is 5.13 Å². The summed E-state index contributed by atoms with van der Waals surface area (Å²) in [5, 5.41) is 7.77. The molecule has 0 radical (unpaired) electrons. The average molecular weight is 431 g/mol. The van der Waals surface area contributed by atoms with Gasteiger partial charge in [0, 0.05) is 44.1 Å². The van der Waals surface area contributed by atoms with Crippen LogP contribution in [-0.4, -0.2) is 53.4 Å². The smallest absolute Gasteiger partial charge is 0.239 e. The molecule has 2 N–H and O–H groups in total. The number of anilines is 1. The van der Waals surface area contributed by atoms with Crippen molar-refractivity contribution in [3.8, 4) is 0 Å². The van der Waals surface area contributed by atoms with Crippen LogP contribution in [0.5, 0.6) is 0 Å². The fraction of sp³-hybridized carbons (Fsp3) is 0.429. The molecule has 1 aromatic carbocycles. The van der Waals surface area contributed by atoms with E-state index in [1.54, 1.807) is 11.6 Å². The molecular weight excluding hydrogens is 404 g/mol. The van der Waals surface area contributed by atoms with E-state index >= 15 is 0 Å². The van der Waals surface area contributed by atoms with Crippen molar-refractivity contribution in [3.63, 3.8) is 0 Å². The van der Waals surface area contributed by atoms with Crippen molar-refractivity contribution in [2.24, 2.45) is 0 Å². The first-order chi connectivity index (χ1) is 14.6. The number of thiazole rings is 1. The fourth-order valence-electron chi connectivity index (χ4n) is 3.16. The van der Waals surface area contributed by atoms with Crippen LogP contribution >= 0.6 is 11.3 Å². The van der Waals surface area contributed by atoms with Crippen LogP contribution in [0, 0.1) is 0 Å². The summed E-state index contributed by atoms with van der Waals surface area (Å²) in [5.74, 6) is -0.754. The monoisotopic (exact) mass is 430 g/mol. The minimum Gasteiger partial charge on any atom is -0.376 e. The summed E-state index contributed by atoms with van der Waals surface area (Å²) in [7, 11) is 0. The molecule has 8 nitrogen and oxygen atoms in total. The quantitative estimate of drug-likeness (QED) is 0.602. The highest BCUT2D eigenvalue weighted by Gasteiger charge is 2.24. The van der Waals surface area contributed by atoms with Crippen LogP contribution in [0.4, 0.5) is 5.13 Å². The molecule has 1 saturated heterocycles. The zero-order chi connectivity index (χ0) is 21.2. The van der Waals surface area contributed by atoms with Gasteiger partial charge in [0.1, 0.15) is 0 Å². The van der Waals surface area contributed by atoms with Crippen molar-refractivity contribution in [2.75, 3.05) is 25.0 Å². The molecule has 1 aliphatic rings. The maximum Gasteiger partial charge on any atom is 0.239 e. The second-order valence-corrected chi connectivity index (χ2v) is 7.95. The molecule has 1 fully saturated rings. The van der Waals surface area contributed by atoms with Crippen molar-refractivity contribution in [1.29, 1.82) is 0 Å². The highest BCUT2D eigenvalue weighted by Crippen LogP contribution is 2.15. The summed E-state index contributed by atoms with van der Waals surface area (Å²) in [5.41, 5.74) is 0.988. The molecule has 3 amide bonds. The highest BCUT2D eigenvalue weighted by molar-refractivity contribution is 7.13. The molecule has 0 aliphatic carbocycles. The number of nitrogens with zero attached hydrogens (tertiary/aromatic N) is 2. The molecule has 1 aromatic heterocycles. The van der Waals surface area contributed by atoms with Crippen LogP contribution in [0.25, 0.3) is 0 Å². The van der Waals surface area contributed by atoms with Crippen LogP contribution in [0.1, 0.15) is 31.2 Å². The lowest BCUT2D eigenvalue weighted by Crippen LogP contribution is -2.44. The predicted octanol–water partition coefficient (Wildman–Crippen LogP) is 2.19. The summed E-state index contributed by atoms with van der Waals surface area (Å²) in [4.78, 5) is 42.7. The molecule has 1 atom stereocenters. The SMILES string of the molecule is O=C(CN(C[C@H]1CCCO1)C(=O)CCC(=O)Nc1nccs1)NCc1ccccc1. The van der Waals surface area contributed by atoms with E-state index in [4.69, 9.17) is 4.74 Å². The number of hydrogen-bond acceptors (Lipinski definition) is 6. The standard InChI is InChI=1S/C21H26N4O4S/c26-18(24-21-22-10-12-30-21)8-9-20(28)25(14-17-7-4-11-29-17)15-19(27)23-13-16-5-2-1-3-6-16/h1-3,5-6,10,12,17H,4,7-9,11,13-15H2,(H,23,27)(H,22,24,26)/t17-/m1/s1. The van der Waals surface area contributed by atoms with E-state index in [-0.39, 0.29) is 43.2 Å². The third-order valence-corrected chi connectivity index (χ3v) is 5.40. The van der Waals surface area contributed by atoms with Crippen LogP contribution in [-0.2, 0) is 25.7 Å². The van der Waals surface area contributed by atoms with E-state index in [2.05, 4.69) is 15.6 Å². The van der Waals surface area contributed by atoms with Crippen molar-refractivity contribution in [1.82, 2.24) is 15.2 Å². The molecule has 0 bridgehead atoms. The molecule has 9 heteroatoms. The Balaban J connectivity index is 1.50. The van der Waals surface area contributed by atoms with Crippen LogP contribution in [0.3, 0.4) is 0 Å². The number of carbonyl (C=O) groups is 3. The summed E-state index contributed by atoms with van der Waals surface area (Å²) < 4.78 is 5.63. The van der Waals surface area contributed by atoms with Crippen LogP contribution < -0.4 is 10.6 Å². The molecule has 160 valence electrons. The van der Waals surface area contributed by atoms with Gasteiger partial charge in [-0.2, -0.15) is 0 Å². The maximum absolute atomic E-state index is 12.7. The minimum atomic E-state index is -0.274. The Bertz CT molecular complexity index is 823. The normalized spacial score (nSPS) is 15.5. The Hall–Kier alpha value is -2.78. The van der Waals surface area contributed by atoms with Gasteiger partial charge in [-0.25, -0.2) is 4.98 Å². The predicted molar refractivity (Wildman–Crippen MR) is 114 cm³/mol. The first-order valence-corrected chi connectivity index (χ1v) is 10.9. The Kier molecular flexibility index (Phi) is 8.34. The summed E-state index contributed by atoms with van der Waals surface area (Å²) >= 11 is 1.32. The molecular formula is C21H26N4O4S. The van der Waals surface area contributed by atoms with E-state index < -0.39 is 0 Å². The van der Waals surface area contributed by atoms with Crippen LogP contribution in [0.15, 0.2) is 41.9 Å². The Morgan fingerprint density at radius 1 is 1.17 bits per heavy atom. The van der Waals surface area contributed by atoms with Gasteiger partial charge in [0.2, 0.25) is 17.7 Å². The first-order valence-electron chi connectivity index (χ1n) is 9.99. The highest BCUT2D eigenvalue weighted by atomic mass is 32.1. The lowest BCUT2D eigenvalue weighted by molar-refractivity contribution is -0.138. The number of nitrogens with one attached hydrogen (secondary N) is 2. The largest absolute Gasteiger partial charge is 0.376 e. The molecule has 0 spiro atoms. The number of ether oxygens (including phenoxy) is 1. The zero-order valence-corrected chi connectivity index (χ0v) is 17.5. The summed E-state index contributed by atoms with van der Waals surface area (Å²) in [6, 6.07) is 9.59. The molecule has 2 heterocycles. The minimum absolute atomic E-state index is 0.0237. The van der Waals surface area contributed by atoms with Gasteiger partial charge in [0.05, 0.1) is 12.6 Å². The first kappa shape index (κ1) is 21.9. The molecule has 3 rings (SSSR count). The molecule has 1 aliphatic heterocycles. The van der Waals surface area contributed by atoms with Crippen molar-refractivity contribution >= 4 is 34.2 Å². The van der Waals surface area contributed by atoms with E-state index in [1.807, 2.05) is 30.3 Å². The van der Waals surface area contributed by atoms with Gasteiger partial charge in [-0.05, 0) is 18.4 Å². The van der Waals surface area contributed by atoms with Crippen molar-refractivity contribution < 1.29 is 19.1 Å². The second-order valence-electron chi connectivity index (χ2n) is 7.06. The number of amides is 3. The molecule has 2 aromatic rings. The van der Waals surface area contributed by atoms with Gasteiger partial charge in [0.25, 0.3) is 0 Å². The number of benzene rings is 1. The van der Waals surface area contributed by atoms with Gasteiger partial charge in [-0.15, -0.1) is 11.3 Å². The third-order valence-electron chi connectivity index (χ3n) is 4.71. The van der Waals surface area contributed by atoms with E-state index in [1.165, 1.54) is 16.2 Å². The van der Waals surface area contributed by atoms with Gasteiger partial charge in [-0.1, -0.05) is 30.3 Å². The topological polar surface area (TPSA) is 101 Å². The molecule has 30 heavy (non-hydrogen) atoms. The maximum atomic E-state index is 12.7. The van der Waals surface area contributed by atoms with Crippen LogP contribution in [0.2, 0.25) is 0 Å². The Morgan fingerprint density at radius 3 is 2.70 bits per heavy atom. The Morgan fingerprint density at radius 2 is 2.00 bits per heavy atom. The van der Waals surface area contributed by atoms with Gasteiger partial charge in [-0.3, -0.25) is 14.4 Å². The van der Waals surface area contributed by atoms with Crippen molar-refractivity contribution in [3.05, 3.63) is 47.5 Å². The lowest BCUT2D eigenvalue weighted by atomic mass is 10.2. The zero-order valence-electron chi connectivity index (χ0n) is 16.7. The second kappa shape index (κ2) is 11.4. The number of hydrogen-bond donors (Lipinski definition) is 2. The lowest BCUT2D eigenvalue weighted by Gasteiger charge is -2.25. The van der Waals surface area contributed by atoms with E-state index in [0.717, 1.165) is 18.4 Å². The summed E-state index contributed by atoms with van der Waals surface area (Å²) in [6.07, 6.45) is 3.40. The third kappa shape index (κ3) is 7.23. The van der Waals surface area contributed by atoms with Crippen molar-refractivity contribution in [2.45, 2.75) is 38.3 Å². The van der Waals surface area contributed by atoms with E-state index in [9.17, 15) is 14.4 Å². The van der Waals surface area contributed by atoms with Gasteiger partial charge < -0.3 is 20.3 Å².